The number of para-hydroxylation sites is 1. The zero-order valence-corrected chi connectivity index (χ0v) is 14.6. The van der Waals surface area contributed by atoms with Crippen molar-refractivity contribution in [2.45, 2.75) is 38.9 Å². The van der Waals surface area contributed by atoms with Crippen molar-refractivity contribution < 1.29 is 23.1 Å². The molecule has 1 aliphatic rings. The van der Waals surface area contributed by atoms with Crippen LogP contribution in [0.3, 0.4) is 0 Å². The Hall–Kier alpha value is -1.73. The number of hydrogen-bond donors (Lipinski definition) is 3. The Bertz CT molecular complexity index is 756. The van der Waals surface area contributed by atoms with Crippen molar-refractivity contribution in [1.82, 2.24) is 10.3 Å². The van der Waals surface area contributed by atoms with Gasteiger partial charge in [0.1, 0.15) is 0 Å². The molecule has 0 spiro atoms. The predicted molar refractivity (Wildman–Crippen MR) is 90.9 cm³/mol. The van der Waals surface area contributed by atoms with E-state index >= 15 is 0 Å². The number of carboxylic acids is 1. The molecule has 2 aromatic rings. The van der Waals surface area contributed by atoms with E-state index in [-0.39, 0.29) is 0 Å². The van der Waals surface area contributed by atoms with Gasteiger partial charge in [-0.2, -0.15) is 13.2 Å². The lowest BCUT2D eigenvalue weighted by Gasteiger charge is -2.25. The number of hydrogen-bond acceptors (Lipinski definition) is 2. The number of aliphatic carboxylic acids is 1. The highest BCUT2D eigenvalue weighted by Crippen LogP contribution is 2.35. The van der Waals surface area contributed by atoms with Gasteiger partial charge < -0.3 is 15.4 Å². The van der Waals surface area contributed by atoms with E-state index in [1.165, 1.54) is 16.6 Å². The van der Waals surface area contributed by atoms with Crippen LogP contribution in [0.4, 0.5) is 13.2 Å². The highest BCUT2D eigenvalue weighted by atomic mass is 35.5. The number of fused-ring (bicyclic) bond motifs is 3. The van der Waals surface area contributed by atoms with Gasteiger partial charge in [-0.3, -0.25) is 0 Å². The van der Waals surface area contributed by atoms with E-state index in [4.69, 9.17) is 21.5 Å². The van der Waals surface area contributed by atoms with Gasteiger partial charge in [-0.1, -0.05) is 37.6 Å². The second-order valence-electron chi connectivity index (χ2n) is 6.37. The van der Waals surface area contributed by atoms with Gasteiger partial charge in [0.2, 0.25) is 0 Å². The summed E-state index contributed by atoms with van der Waals surface area (Å²) < 4.78 is 31.7. The Morgan fingerprint density at radius 1 is 1.40 bits per heavy atom. The van der Waals surface area contributed by atoms with Gasteiger partial charge in [-0.05, 0) is 36.9 Å². The molecule has 25 heavy (non-hydrogen) atoms. The van der Waals surface area contributed by atoms with Crippen LogP contribution in [0, 0.1) is 5.92 Å². The van der Waals surface area contributed by atoms with Crippen molar-refractivity contribution in [3.8, 4) is 0 Å². The topological polar surface area (TPSA) is 65.1 Å². The normalized spacial score (nSPS) is 17.2. The number of aromatic nitrogens is 1. The molecule has 0 amide bonds. The van der Waals surface area contributed by atoms with Crippen molar-refractivity contribution >= 4 is 28.5 Å². The number of carboxylic acid groups (broad SMARTS) is 1. The minimum atomic E-state index is -5.08. The van der Waals surface area contributed by atoms with Crippen LogP contribution < -0.4 is 5.32 Å². The summed E-state index contributed by atoms with van der Waals surface area (Å²) in [7, 11) is 0. The second-order valence-corrected chi connectivity index (χ2v) is 6.78. The molecular formula is C17H20ClF3N2O2. The molecule has 8 heteroatoms. The number of halogens is 4. The molecule has 0 aliphatic carbocycles. The first-order valence-corrected chi connectivity index (χ1v) is 8.31. The molecule has 2 heterocycles. The molecule has 3 N–H and O–H groups in total. The third-order valence-electron chi connectivity index (χ3n) is 3.99. The minimum absolute atomic E-state index is 0.442. The van der Waals surface area contributed by atoms with Crippen molar-refractivity contribution in [2.75, 3.05) is 6.54 Å². The molecule has 0 bridgehead atoms. The zero-order chi connectivity index (χ0) is 18.8. The van der Waals surface area contributed by atoms with Gasteiger partial charge in [0.25, 0.3) is 0 Å². The Morgan fingerprint density at radius 2 is 2.04 bits per heavy atom. The average molecular weight is 377 g/mol. The molecule has 1 atom stereocenters. The van der Waals surface area contributed by atoms with Crippen molar-refractivity contribution in [3.05, 3.63) is 34.5 Å². The lowest BCUT2D eigenvalue weighted by atomic mass is 9.93. The maximum atomic E-state index is 10.6. The van der Waals surface area contributed by atoms with E-state index in [1.54, 1.807) is 0 Å². The van der Waals surface area contributed by atoms with Crippen molar-refractivity contribution in [1.29, 1.82) is 0 Å². The van der Waals surface area contributed by atoms with Gasteiger partial charge in [0.05, 0.1) is 10.5 Å². The van der Waals surface area contributed by atoms with Crippen LogP contribution in [0.25, 0.3) is 10.9 Å². The fourth-order valence-corrected chi connectivity index (χ4v) is 3.19. The van der Waals surface area contributed by atoms with E-state index in [2.05, 4.69) is 30.2 Å². The number of carbonyl (C=O) groups is 1. The van der Waals surface area contributed by atoms with Gasteiger partial charge in [-0.25, -0.2) is 4.79 Å². The number of rotatable bonds is 2. The molecule has 138 valence electrons. The molecule has 3 rings (SSSR count). The van der Waals surface area contributed by atoms with Gasteiger partial charge in [-0.15, -0.1) is 0 Å². The molecule has 4 nitrogen and oxygen atoms in total. The standard InChI is InChI=1S/C15H19ClN2.C2HF3O2/c1-9(2)8-13-15-11(6-7-17-13)10-4-3-5-12(16)14(10)18-15;3-2(4,5)1(6)7/h3-5,9,13,17-18H,6-8H2,1-2H3;(H,6,7). The van der Waals surface area contributed by atoms with Crippen molar-refractivity contribution in [3.63, 3.8) is 0 Å². The Kier molecular flexibility index (Phi) is 6.00. The lowest BCUT2D eigenvalue weighted by molar-refractivity contribution is -0.192. The average Bonchev–Trinajstić information content (AvgIpc) is 2.88. The van der Waals surface area contributed by atoms with E-state index in [0.717, 1.165) is 29.9 Å². The summed E-state index contributed by atoms with van der Waals surface area (Å²) in [6.45, 7) is 5.60. The van der Waals surface area contributed by atoms with Crippen LogP contribution in [0.5, 0.6) is 0 Å². The Balaban J connectivity index is 0.000000277. The summed E-state index contributed by atoms with van der Waals surface area (Å²) in [4.78, 5) is 12.4. The Morgan fingerprint density at radius 3 is 2.60 bits per heavy atom. The number of nitrogens with one attached hydrogen (secondary N) is 2. The number of alkyl halides is 3. The number of benzene rings is 1. The monoisotopic (exact) mass is 376 g/mol. The van der Waals surface area contributed by atoms with Gasteiger partial charge in [0, 0.05) is 17.1 Å². The first-order chi connectivity index (χ1) is 11.6. The third kappa shape index (κ3) is 4.67. The summed E-state index contributed by atoms with van der Waals surface area (Å²) in [5, 5.41) is 12.9. The van der Waals surface area contributed by atoms with Crippen LogP contribution in [0.1, 0.15) is 37.6 Å². The summed E-state index contributed by atoms with van der Waals surface area (Å²) in [6, 6.07) is 6.61. The SMILES string of the molecule is CC(C)CC1NCCc2c1[nH]c1c(Cl)cccc21.O=C(O)C(F)(F)F. The fraction of sp³-hybridized carbons (Fsp3) is 0.471. The van der Waals surface area contributed by atoms with Crippen LogP contribution in [-0.4, -0.2) is 28.8 Å². The molecule has 1 unspecified atom stereocenters. The highest BCUT2D eigenvalue weighted by Gasteiger charge is 2.38. The van der Waals surface area contributed by atoms with Crippen LogP contribution in [0.2, 0.25) is 5.02 Å². The molecular weight excluding hydrogens is 357 g/mol. The lowest BCUT2D eigenvalue weighted by Crippen LogP contribution is -2.30. The van der Waals surface area contributed by atoms with Gasteiger partial charge >= 0.3 is 12.1 Å². The molecule has 1 aromatic carbocycles. The quantitative estimate of drug-likeness (QED) is 0.712. The number of aromatic amines is 1. The predicted octanol–water partition coefficient (Wildman–Crippen LogP) is 4.69. The summed E-state index contributed by atoms with van der Waals surface area (Å²) >= 11 is 6.28. The molecule has 0 saturated carbocycles. The minimum Gasteiger partial charge on any atom is -0.475 e. The molecule has 1 aliphatic heterocycles. The smallest absolute Gasteiger partial charge is 0.475 e. The summed E-state index contributed by atoms with van der Waals surface area (Å²) in [5.41, 5.74) is 3.90. The summed E-state index contributed by atoms with van der Waals surface area (Å²) in [6.07, 6.45) is -2.83. The molecule has 1 aromatic heterocycles. The van der Waals surface area contributed by atoms with Crippen LogP contribution in [0.15, 0.2) is 18.2 Å². The van der Waals surface area contributed by atoms with Crippen LogP contribution in [-0.2, 0) is 11.2 Å². The maximum Gasteiger partial charge on any atom is 0.490 e. The van der Waals surface area contributed by atoms with E-state index < -0.39 is 12.1 Å². The van der Waals surface area contributed by atoms with E-state index in [9.17, 15) is 13.2 Å². The van der Waals surface area contributed by atoms with Gasteiger partial charge in [0.15, 0.2) is 0 Å². The fourth-order valence-electron chi connectivity index (χ4n) is 2.97. The van der Waals surface area contributed by atoms with E-state index in [0.29, 0.717) is 12.0 Å². The maximum absolute atomic E-state index is 10.6. The highest BCUT2D eigenvalue weighted by molar-refractivity contribution is 6.35. The zero-order valence-electron chi connectivity index (χ0n) is 13.9. The molecule has 0 fully saturated rings. The summed E-state index contributed by atoms with van der Waals surface area (Å²) in [5.74, 6) is -2.07. The largest absolute Gasteiger partial charge is 0.490 e. The molecule has 0 saturated heterocycles. The third-order valence-corrected chi connectivity index (χ3v) is 4.30. The van der Waals surface area contributed by atoms with E-state index in [1.807, 2.05) is 12.1 Å². The first kappa shape index (κ1) is 19.6. The second kappa shape index (κ2) is 7.66. The van der Waals surface area contributed by atoms with Crippen molar-refractivity contribution in [2.24, 2.45) is 5.92 Å². The number of H-pyrrole nitrogens is 1. The molecule has 0 radical (unpaired) electrons. The Labute approximate surface area is 148 Å². The first-order valence-electron chi connectivity index (χ1n) is 7.93. The van der Waals surface area contributed by atoms with Crippen LogP contribution >= 0.6 is 11.6 Å².